The first kappa shape index (κ1) is 25.8. The zero-order chi connectivity index (χ0) is 17.1. The van der Waals surface area contributed by atoms with Gasteiger partial charge in [-0.15, -0.1) is 0 Å². The molecular formula is C14H19N2O4. The third-order valence-electron chi connectivity index (χ3n) is 0.832. The highest BCUT2D eigenvalue weighted by Gasteiger charge is 1.90. The first-order chi connectivity index (χ1) is 9.10. The van der Waals surface area contributed by atoms with E-state index in [0.29, 0.717) is 5.57 Å². The summed E-state index contributed by atoms with van der Waals surface area (Å²) in [6, 6.07) is 1.69. The van der Waals surface area contributed by atoms with E-state index >= 15 is 0 Å². The Labute approximate surface area is 119 Å². The molecule has 0 aromatic rings. The van der Waals surface area contributed by atoms with E-state index in [1.807, 2.05) is 0 Å². The van der Waals surface area contributed by atoms with Crippen molar-refractivity contribution < 1.29 is 19.5 Å². The Kier molecular flexibility index (Phi) is 27.5. The number of carbonyl (C=O) groups is 2. The Balaban J connectivity index is -0.0000000862. The number of primary amides is 1. The van der Waals surface area contributed by atoms with Gasteiger partial charge in [-0.1, -0.05) is 26.3 Å². The lowest BCUT2D eigenvalue weighted by Crippen LogP contribution is -2.04. The summed E-state index contributed by atoms with van der Waals surface area (Å²) in [6.07, 6.45) is 3.82. The summed E-state index contributed by atoms with van der Waals surface area (Å²) in [6.45, 7) is 15.7. The zero-order valence-corrected chi connectivity index (χ0v) is 11.7. The largest absolute Gasteiger partial charge is 0.478 e. The van der Waals surface area contributed by atoms with Gasteiger partial charge in [-0.2, -0.15) is 5.26 Å². The number of hydrogen-bond donors (Lipinski definition) is 2. The fourth-order valence-electron chi connectivity index (χ4n) is 0. The molecule has 1 amide bonds. The molecule has 0 aliphatic heterocycles. The maximum absolute atomic E-state index is 9.60. The summed E-state index contributed by atoms with van der Waals surface area (Å²) in [7, 11) is 0. The van der Waals surface area contributed by atoms with Gasteiger partial charge in [-0.25, -0.2) is 4.79 Å². The molecule has 0 unspecified atom stereocenters. The molecular weight excluding hydrogens is 260 g/mol. The van der Waals surface area contributed by atoms with Crippen molar-refractivity contribution in [2.24, 2.45) is 5.73 Å². The number of rotatable bonds is 3. The SMILES string of the molecule is C=C(C)C(=O)O.C=C(C)[C]=O.C=CC#N.C=CC(N)=O. The molecule has 0 bridgehead atoms. The standard InChI is InChI=1S/C4H6O2.C4H5O.C3H5NO.C3H3N/c1-3(2)4(5)6;1-4(2)3-5;1-2-3(4)5;1-2-3-4/h1H2,2H3,(H,5,6);1H2,2H3;2H,1H2,(H2,4,5);2H,1H2. The van der Waals surface area contributed by atoms with Crippen molar-refractivity contribution in [1.29, 1.82) is 5.26 Å². The quantitative estimate of drug-likeness (QED) is 0.601. The number of nitrogens with two attached hydrogens (primary N) is 1. The van der Waals surface area contributed by atoms with Crippen LogP contribution < -0.4 is 5.73 Å². The van der Waals surface area contributed by atoms with E-state index in [4.69, 9.17) is 10.4 Å². The summed E-state index contributed by atoms with van der Waals surface area (Å²) < 4.78 is 0. The van der Waals surface area contributed by atoms with E-state index < -0.39 is 11.9 Å². The zero-order valence-electron chi connectivity index (χ0n) is 11.7. The summed E-state index contributed by atoms with van der Waals surface area (Å²) in [4.78, 5) is 28.4. The summed E-state index contributed by atoms with van der Waals surface area (Å²) in [5.74, 6) is -1.42. The molecule has 0 saturated heterocycles. The van der Waals surface area contributed by atoms with E-state index in [0.717, 1.165) is 6.08 Å². The number of carboxylic acids is 1. The summed E-state index contributed by atoms with van der Waals surface area (Å²) in [5, 5.41) is 15.4. The van der Waals surface area contributed by atoms with Crippen molar-refractivity contribution in [3.8, 4) is 6.07 Å². The maximum atomic E-state index is 9.60. The van der Waals surface area contributed by atoms with Crippen LogP contribution in [0.15, 0.2) is 49.6 Å². The third kappa shape index (κ3) is 81.1. The Morgan fingerprint density at radius 2 is 1.45 bits per heavy atom. The van der Waals surface area contributed by atoms with Crippen LogP contribution in [0.1, 0.15) is 13.8 Å². The molecule has 20 heavy (non-hydrogen) atoms. The molecule has 6 heteroatoms. The normalized spacial score (nSPS) is 6.25. The van der Waals surface area contributed by atoms with Crippen LogP contribution in [0.4, 0.5) is 0 Å². The van der Waals surface area contributed by atoms with Crippen molar-refractivity contribution >= 4 is 18.2 Å². The predicted molar refractivity (Wildman–Crippen MR) is 78.2 cm³/mol. The lowest BCUT2D eigenvalue weighted by Gasteiger charge is -1.79. The second-order valence-corrected chi connectivity index (χ2v) is 2.91. The first-order valence-electron chi connectivity index (χ1n) is 4.95. The van der Waals surface area contributed by atoms with Crippen molar-refractivity contribution in [2.45, 2.75) is 13.8 Å². The van der Waals surface area contributed by atoms with Gasteiger partial charge in [0, 0.05) is 11.6 Å². The predicted octanol–water partition coefficient (Wildman–Crippen LogP) is 1.67. The smallest absolute Gasteiger partial charge is 0.330 e. The number of carboxylic acid groups (broad SMARTS) is 1. The molecule has 0 aromatic heterocycles. The van der Waals surface area contributed by atoms with Crippen LogP contribution in [-0.4, -0.2) is 23.3 Å². The van der Waals surface area contributed by atoms with Gasteiger partial charge in [0.1, 0.15) is 0 Å². The monoisotopic (exact) mass is 279 g/mol. The summed E-state index contributed by atoms with van der Waals surface area (Å²) >= 11 is 0. The van der Waals surface area contributed by atoms with Gasteiger partial charge in [0.05, 0.1) is 6.07 Å². The van der Waals surface area contributed by atoms with E-state index in [-0.39, 0.29) is 5.57 Å². The molecule has 0 spiro atoms. The van der Waals surface area contributed by atoms with Gasteiger partial charge in [0.25, 0.3) is 0 Å². The molecule has 0 rings (SSSR count). The van der Waals surface area contributed by atoms with Gasteiger partial charge < -0.3 is 10.8 Å². The average molecular weight is 279 g/mol. The second kappa shape index (κ2) is 21.4. The molecule has 0 aliphatic carbocycles. The number of nitriles is 1. The minimum absolute atomic E-state index is 0.176. The van der Waals surface area contributed by atoms with Crippen molar-refractivity contribution in [2.75, 3.05) is 0 Å². The number of carbonyl (C=O) groups excluding carboxylic acids is 2. The second-order valence-electron chi connectivity index (χ2n) is 2.91. The van der Waals surface area contributed by atoms with E-state index in [9.17, 15) is 14.4 Å². The Hall–Kier alpha value is -2.94. The molecule has 1 radical (unpaired) electrons. The van der Waals surface area contributed by atoms with Gasteiger partial charge in [-0.05, 0) is 25.5 Å². The molecule has 0 saturated carbocycles. The number of nitrogens with zero attached hydrogens (tertiary/aromatic N) is 1. The molecule has 109 valence electrons. The maximum Gasteiger partial charge on any atom is 0.330 e. The van der Waals surface area contributed by atoms with Crippen LogP contribution in [-0.2, 0) is 14.4 Å². The Bertz CT molecular complexity index is 374. The minimum Gasteiger partial charge on any atom is -0.478 e. The van der Waals surface area contributed by atoms with E-state index in [1.54, 1.807) is 19.3 Å². The fourth-order valence-corrected chi connectivity index (χ4v) is 0. The molecule has 3 N–H and O–H groups in total. The van der Waals surface area contributed by atoms with Crippen molar-refractivity contribution in [3.05, 3.63) is 49.6 Å². The molecule has 0 atom stereocenters. The molecule has 0 heterocycles. The Morgan fingerprint density at radius 1 is 1.25 bits per heavy atom. The lowest BCUT2D eigenvalue weighted by molar-refractivity contribution is -0.132. The van der Waals surface area contributed by atoms with E-state index in [2.05, 4.69) is 32.0 Å². The highest BCUT2D eigenvalue weighted by Crippen LogP contribution is 1.81. The van der Waals surface area contributed by atoms with E-state index in [1.165, 1.54) is 13.0 Å². The van der Waals surface area contributed by atoms with Gasteiger partial charge in [0.2, 0.25) is 12.2 Å². The van der Waals surface area contributed by atoms with Gasteiger partial charge in [-0.3, -0.25) is 9.59 Å². The molecule has 0 aliphatic rings. The van der Waals surface area contributed by atoms with Crippen LogP contribution in [0.2, 0.25) is 0 Å². The number of amides is 1. The van der Waals surface area contributed by atoms with Crippen LogP contribution in [0.5, 0.6) is 0 Å². The number of aliphatic carboxylic acids is 1. The van der Waals surface area contributed by atoms with Gasteiger partial charge >= 0.3 is 5.97 Å². The van der Waals surface area contributed by atoms with Crippen LogP contribution in [0.3, 0.4) is 0 Å². The Morgan fingerprint density at radius 3 is 1.45 bits per heavy atom. The molecule has 0 aromatic carbocycles. The fraction of sp³-hybridized carbons (Fsp3) is 0.143. The van der Waals surface area contributed by atoms with Crippen LogP contribution in [0, 0.1) is 11.3 Å². The topological polar surface area (TPSA) is 121 Å². The first-order valence-corrected chi connectivity index (χ1v) is 4.95. The molecule has 6 nitrogen and oxygen atoms in total. The van der Waals surface area contributed by atoms with Crippen molar-refractivity contribution in [1.82, 2.24) is 0 Å². The van der Waals surface area contributed by atoms with Crippen LogP contribution >= 0.6 is 0 Å². The highest BCUT2D eigenvalue weighted by molar-refractivity contribution is 5.85. The third-order valence-corrected chi connectivity index (χ3v) is 0.832. The molecule has 0 fully saturated rings. The lowest BCUT2D eigenvalue weighted by atomic mass is 10.4. The minimum atomic E-state index is -0.935. The van der Waals surface area contributed by atoms with Gasteiger partial charge in [0.15, 0.2) is 0 Å². The van der Waals surface area contributed by atoms with Crippen LogP contribution in [0.25, 0.3) is 0 Å². The summed E-state index contributed by atoms with van der Waals surface area (Å²) in [5.41, 5.74) is 5.16. The van der Waals surface area contributed by atoms with Crippen molar-refractivity contribution in [3.63, 3.8) is 0 Å². The number of allylic oxidation sites excluding steroid dienone is 2. The highest BCUT2D eigenvalue weighted by atomic mass is 16.4. The number of hydrogen-bond acceptors (Lipinski definition) is 4. The average Bonchev–Trinajstić information content (AvgIpc) is 2.40.